The Morgan fingerprint density at radius 2 is 2.07 bits per heavy atom. The van der Waals surface area contributed by atoms with Crippen molar-refractivity contribution < 1.29 is 23.4 Å². The van der Waals surface area contributed by atoms with Crippen molar-refractivity contribution in [2.24, 2.45) is 0 Å². The number of carboxylic acid groups (broad SMARTS) is 1. The third-order valence-corrected chi connectivity index (χ3v) is 1.88. The maximum absolute atomic E-state index is 13.4. The number of aromatic carboxylic acids is 1. The summed E-state index contributed by atoms with van der Waals surface area (Å²) < 4.78 is 31.1. The molecule has 1 rings (SSSR count). The Balaban J connectivity index is 3.18. The first-order chi connectivity index (χ1) is 6.99. The van der Waals surface area contributed by atoms with Gasteiger partial charge in [0, 0.05) is 12.7 Å². The number of hydrogen-bond acceptors (Lipinski definition) is 2. The fourth-order valence-corrected chi connectivity index (χ4v) is 1.25. The second-order valence-corrected chi connectivity index (χ2v) is 2.99. The summed E-state index contributed by atoms with van der Waals surface area (Å²) in [4.78, 5) is 10.7. The van der Waals surface area contributed by atoms with Gasteiger partial charge in [-0.05, 0) is 6.07 Å². The van der Waals surface area contributed by atoms with Crippen molar-refractivity contribution in [3.8, 4) is 0 Å². The monoisotopic (exact) mass is 216 g/mol. The fraction of sp³-hybridized carbons (Fsp3) is 0.300. The average molecular weight is 216 g/mol. The highest BCUT2D eigenvalue weighted by Gasteiger charge is 2.35. The van der Waals surface area contributed by atoms with E-state index in [0.29, 0.717) is 0 Å². The van der Waals surface area contributed by atoms with E-state index in [1.165, 1.54) is 12.1 Å². The molecular formula is C10H10F2O3. The molecule has 0 amide bonds. The second-order valence-electron chi connectivity index (χ2n) is 2.99. The number of benzene rings is 1. The van der Waals surface area contributed by atoms with Gasteiger partial charge in [-0.25, -0.2) is 4.79 Å². The summed E-state index contributed by atoms with van der Waals surface area (Å²) in [5.41, 5.74) is -0.932. The molecule has 0 aliphatic carbocycles. The Bertz CT molecular complexity index is 363. The van der Waals surface area contributed by atoms with Crippen LogP contribution in [0.2, 0.25) is 0 Å². The van der Waals surface area contributed by atoms with Crippen LogP contribution >= 0.6 is 0 Å². The third kappa shape index (κ3) is 2.50. The lowest BCUT2D eigenvalue weighted by Crippen LogP contribution is -2.23. The van der Waals surface area contributed by atoms with Crippen LogP contribution < -0.4 is 0 Å². The van der Waals surface area contributed by atoms with Crippen molar-refractivity contribution >= 4 is 5.97 Å². The molecule has 0 aliphatic heterocycles. The molecule has 5 heteroatoms. The molecule has 0 atom stereocenters. The first-order valence-electron chi connectivity index (χ1n) is 4.18. The average Bonchev–Trinajstić information content (AvgIpc) is 2.17. The summed E-state index contributed by atoms with van der Waals surface area (Å²) >= 11 is 0. The van der Waals surface area contributed by atoms with Gasteiger partial charge in [0.25, 0.3) is 5.92 Å². The number of methoxy groups -OCH3 is 1. The normalized spacial score (nSPS) is 11.4. The van der Waals surface area contributed by atoms with Gasteiger partial charge in [-0.1, -0.05) is 18.2 Å². The number of alkyl halides is 2. The molecule has 1 N–H and O–H groups in total. The first-order valence-corrected chi connectivity index (χ1v) is 4.18. The summed E-state index contributed by atoms with van der Waals surface area (Å²) in [6, 6.07) is 4.99. The number of rotatable bonds is 4. The summed E-state index contributed by atoms with van der Waals surface area (Å²) in [6.45, 7) is -0.836. The zero-order valence-corrected chi connectivity index (χ0v) is 8.04. The van der Waals surface area contributed by atoms with Crippen molar-refractivity contribution in [1.82, 2.24) is 0 Å². The molecule has 0 heterocycles. The van der Waals surface area contributed by atoms with E-state index in [0.717, 1.165) is 19.2 Å². The molecule has 0 spiro atoms. The van der Waals surface area contributed by atoms with Gasteiger partial charge in [-0.15, -0.1) is 0 Å². The molecule has 1 aromatic rings. The molecule has 82 valence electrons. The molecule has 15 heavy (non-hydrogen) atoms. The molecule has 0 unspecified atom stereocenters. The number of carboxylic acids is 1. The molecule has 1 aromatic carbocycles. The molecule has 0 aromatic heterocycles. The minimum absolute atomic E-state index is 0.403. The molecular weight excluding hydrogens is 206 g/mol. The Morgan fingerprint density at radius 1 is 1.47 bits per heavy atom. The Hall–Kier alpha value is -1.49. The highest BCUT2D eigenvalue weighted by Crippen LogP contribution is 2.30. The van der Waals surface area contributed by atoms with Crippen LogP contribution in [-0.2, 0) is 10.7 Å². The predicted octanol–water partition coefficient (Wildman–Crippen LogP) is 2.12. The minimum atomic E-state index is -3.29. The van der Waals surface area contributed by atoms with E-state index in [9.17, 15) is 13.6 Å². The zero-order valence-electron chi connectivity index (χ0n) is 8.04. The van der Waals surface area contributed by atoms with Crippen LogP contribution in [0.1, 0.15) is 15.9 Å². The molecule has 0 saturated carbocycles. The SMILES string of the molecule is COCC(F)(F)c1ccccc1C(=O)O. The molecule has 0 aliphatic rings. The van der Waals surface area contributed by atoms with Crippen molar-refractivity contribution in [2.75, 3.05) is 13.7 Å². The van der Waals surface area contributed by atoms with Gasteiger partial charge in [-0.3, -0.25) is 0 Å². The van der Waals surface area contributed by atoms with Crippen molar-refractivity contribution in [1.29, 1.82) is 0 Å². The van der Waals surface area contributed by atoms with Gasteiger partial charge < -0.3 is 9.84 Å². The van der Waals surface area contributed by atoms with Crippen LogP contribution in [0.5, 0.6) is 0 Å². The maximum Gasteiger partial charge on any atom is 0.336 e. The number of halogens is 2. The van der Waals surface area contributed by atoms with Gasteiger partial charge in [0.2, 0.25) is 0 Å². The summed E-state index contributed by atoms with van der Waals surface area (Å²) in [5, 5.41) is 8.72. The molecule has 0 bridgehead atoms. The summed E-state index contributed by atoms with van der Waals surface area (Å²) in [7, 11) is 1.14. The number of carbonyl (C=O) groups is 1. The van der Waals surface area contributed by atoms with Crippen LogP contribution in [0.15, 0.2) is 24.3 Å². The van der Waals surface area contributed by atoms with Crippen molar-refractivity contribution in [2.45, 2.75) is 5.92 Å². The Labute approximate surface area is 85.3 Å². The van der Waals surface area contributed by atoms with E-state index < -0.39 is 29.6 Å². The number of hydrogen-bond donors (Lipinski definition) is 1. The van der Waals surface area contributed by atoms with Crippen molar-refractivity contribution in [3.05, 3.63) is 35.4 Å². The van der Waals surface area contributed by atoms with Gasteiger partial charge in [0.1, 0.15) is 6.61 Å². The van der Waals surface area contributed by atoms with Crippen LogP contribution in [0.25, 0.3) is 0 Å². The predicted molar refractivity (Wildman–Crippen MR) is 49.2 cm³/mol. The largest absolute Gasteiger partial charge is 0.478 e. The lowest BCUT2D eigenvalue weighted by Gasteiger charge is -2.17. The van der Waals surface area contributed by atoms with Crippen LogP contribution in [0, 0.1) is 0 Å². The number of ether oxygens (including phenoxy) is 1. The zero-order chi connectivity index (χ0) is 11.5. The lowest BCUT2D eigenvalue weighted by molar-refractivity contribution is -0.0704. The highest BCUT2D eigenvalue weighted by molar-refractivity contribution is 5.89. The lowest BCUT2D eigenvalue weighted by atomic mass is 10.0. The maximum atomic E-state index is 13.4. The fourth-order valence-electron chi connectivity index (χ4n) is 1.25. The molecule has 0 radical (unpaired) electrons. The topological polar surface area (TPSA) is 46.5 Å². The van der Waals surface area contributed by atoms with E-state index in [2.05, 4.69) is 4.74 Å². The van der Waals surface area contributed by atoms with Gasteiger partial charge in [0.15, 0.2) is 0 Å². The third-order valence-electron chi connectivity index (χ3n) is 1.88. The smallest absolute Gasteiger partial charge is 0.336 e. The summed E-state index contributed by atoms with van der Waals surface area (Å²) in [6.07, 6.45) is 0. The van der Waals surface area contributed by atoms with Gasteiger partial charge >= 0.3 is 5.97 Å². The molecule has 3 nitrogen and oxygen atoms in total. The Kier molecular flexibility index (Phi) is 3.36. The molecule has 0 saturated heterocycles. The van der Waals surface area contributed by atoms with E-state index in [4.69, 9.17) is 5.11 Å². The minimum Gasteiger partial charge on any atom is -0.478 e. The second kappa shape index (κ2) is 4.35. The van der Waals surface area contributed by atoms with E-state index >= 15 is 0 Å². The Morgan fingerprint density at radius 3 is 2.60 bits per heavy atom. The summed E-state index contributed by atoms with van der Waals surface area (Å²) in [5.74, 6) is -4.66. The molecule has 0 fully saturated rings. The van der Waals surface area contributed by atoms with E-state index in [-0.39, 0.29) is 0 Å². The highest BCUT2D eigenvalue weighted by atomic mass is 19.3. The quantitative estimate of drug-likeness (QED) is 0.838. The van der Waals surface area contributed by atoms with Gasteiger partial charge in [-0.2, -0.15) is 8.78 Å². The van der Waals surface area contributed by atoms with Crippen molar-refractivity contribution in [3.63, 3.8) is 0 Å². The van der Waals surface area contributed by atoms with Crippen LogP contribution in [0.4, 0.5) is 8.78 Å². The first kappa shape index (κ1) is 11.6. The van der Waals surface area contributed by atoms with Crippen LogP contribution in [0.3, 0.4) is 0 Å². The van der Waals surface area contributed by atoms with Crippen LogP contribution in [-0.4, -0.2) is 24.8 Å². The standard InChI is InChI=1S/C10H10F2O3/c1-15-6-10(11,12)8-5-3-2-4-7(8)9(13)14/h2-5H,6H2,1H3,(H,13,14). The van der Waals surface area contributed by atoms with E-state index in [1.54, 1.807) is 0 Å². The van der Waals surface area contributed by atoms with E-state index in [1.807, 2.05) is 0 Å². The van der Waals surface area contributed by atoms with Gasteiger partial charge in [0.05, 0.1) is 5.56 Å².